The maximum absolute atomic E-state index is 11.6. The van der Waals surface area contributed by atoms with Gasteiger partial charge in [-0.1, -0.05) is 0 Å². The number of rotatable bonds is 3. The minimum absolute atomic E-state index is 0.0659. The van der Waals surface area contributed by atoms with E-state index in [0.29, 0.717) is 19.7 Å². The number of carbonyl (C=O) groups is 1. The fourth-order valence-electron chi connectivity index (χ4n) is 1.55. The van der Waals surface area contributed by atoms with Crippen LogP contribution in [-0.4, -0.2) is 68.2 Å². The minimum atomic E-state index is 0.0659. The summed E-state index contributed by atoms with van der Waals surface area (Å²) in [6.45, 7) is 4.43. The summed E-state index contributed by atoms with van der Waals surface area (Å²) in [7, 11) is 3.54. The Bertz CT molecular complexity index is 221. The third-order valence-electron chi connectivity index (χ3n) is 2.73. The van der Waals surface area contributed by atoms with Crippen molar-refractivity contribution in [2.45, 2.75) is 19.1 Å². The average Bonchev–Trinajstić information content (AvgIpc) is 2.21. The van der Waals surface area contributed by atoms with Gasteiger partial charge >= 0.3 is 0 Å². The van der Waals surface area contributed by atoms with Crippen molar-refractivity contribution in [3.63, 3.8) is 0 Å². The Kier molecular flexibility index (Phi) is 4.50. The Balaban J connectivity index is 2.47. The molecule has 2 N–H and O–H groups in total. The second-order valence-electron chi connectivity index (χ2n) is 4.26. The summed E-state index contributed by atoms with van der Waals surface area (Å²) < 4.78 is 5.52. The van der Waals surface area contributed by atoms with E-state index in [4.69, 9.17) is 10.5 Å². The van der Waals surface area contributed by atoms with E-state index in [1.807, 2.05) is 0 Å². The quantitative estimate of drug-likeness (QED) is 0.664. The molecule has 0 aromatic rings. The number of morpholine rings is 1. The Morgan fingerprint density at radius 1 is 1.60 bits per heavy atom. The first-order valence-corrected chi connectivity index (χ1v) is 5.30. The molecule has 5 heteroatoms. The topological polar surface area (TPSA) is 58.8 Å². The molecule has 0 aromatic carbocycles. The van der Waals surface area contributed by atoms with Crippen molar-refractivity contribution < 1.29 is 9.53 Å². The molecule has 0 spiro atoms. The molecule has 1 fully saturated rings. The zero-order valence-corrected chi connectivity index (χ0v) is 9.77. The molecule has 0 radical (unpaired) electrons. The first kappa shape index (κ1) is 12.4. The molecule has 15 heavy (non-hydrogen) atoms. The van der Waals surface area contributed by atoms with E-state index in [9.17, 15) is 4.79 Å². The van der Waals surface area contributed by atoms with Crippen LogP contribution in [0.25, 0.3) is 0 Å². The molecular weight excluding hydrogens is 194 g/mol. The summed E-state index contributed by atoms with van der Waals surface area (Å²) in [6.07, 6.45) is 0.0659. The van der Waals surface area contributed by atoms with Crippen LogP contribution in [0.4, 0.5) is 0 Å². The summed E-state index contributed by atoms with van der Waals surface area (Å²) in [5, 5.41) is 0. The molecule has 1 aliphatic rings. The maximum atomic E-state index is 11.6. The highest BCUT2D eigenvalue weighted by atomic mass is 16.5. The number of hydrogen-bond donors (Lipinski definition) is 1. The second-order valence-corrected chi connectivity index (χ2v) is 4.26. The number of amides is 1. The van der Waals surface area contributed by atoms with Crippen molar-refractivity contribution in [2.75, 3.05) is 40.3 Å². The highest BCUT2D eigenvalue weighted by Gasteiger charge is 2.26. The van der Waals surface area contributed by atoms with E-state index in [1.54, 1.807) is 19.0 Å². The van der Waals surface area contributed by atoms with Crippen LogP contribution in [0.1, 0.15) is 6.92 Å². The molecule has 5 nitrogen and oxygen atoms in total. The monoisotopic (exact) mass is 215 g/mol. The van der Waals surface area contributed by atoms with Gasteiger partial charge < -0.3 is 15.4 Å². The lowest BCUT2D eigenvalue weighted by molar-refractivity contribution is -0.133. The first-order valence-electron chi connectivity index (χ1n) is 5.30. The van der Waals surface area contributed by atoms with Gasteiger partial charge in [0.05, 0.1) is 19.3 Å². The fraction of sp³-hybridized carbons (Fsp3) is 0.900. The van der Waals surface area contributed by atoms with Crippen molar-refractivity contribution in [1.29, 1.82) is 0 Å². The van der Waals surface area contributed by atoms with Gasteiger partial charge in [-0.05, 0) is 6.92 Å². The predicted octanol–water partition coefficient (Wildman–Crippen LogP) is -0.877. The summed E-state index contributed by atoms with van der Waals surface area (Å²) in [5.74, 6) is 0.125. The van der Waals surface area contributed by atoms with Crippen molar-refractivity contribution in [1.82, 2.24) is 9.80 Å². The van der Waals surface area contributed by atoms with Gasteiger partial charge in [0.1, 0.15) is 0 Å². The molecule has 1 saturated heterocycles. The average molecular weight is 215 g/mol. The summed E-state index contributed by atoms with van der Waals surface area (Å²) in [4.78, 5) is 15.3. The van der Waals surface area contributed by atoms with Gasteiger partial charge in [-0.3, -0.25) is 9.69 Å². The Morgan fingerprint density at radius 3 is 2.80 bits per heavy atom. The van der Waals surface area contributed by atoms with Crippen LogP contribution >= 0.6 is 0 Å². The second kappa shape index (κ2) is 5.44. The van der Waals surface area contributed by atoms with E-state index in [2.05, 4.69) is 11.8 Å². The van der Waals surface area contributed by atoms with Gasteiger partial charge in [0.15, 0.2) is 0 Å². The SMILES string of the molecule is CC1COC(CN)CN1CC(=O)N(C)C. The van der Waals surface area contributed by atoms with Gasteiger partial charge in [-0.25, -0.2) is 0 Å². The fourth-order valence-corrected chi connectivity index (χ4v) is 1.55. The Labute approximate surface area is 91.2 Å². The Morgan fingerprint density at radius 2 is 2.27 bits per heavy atom. The van der Waals surface area contributed by atoms with Crippen LogP contribution < -0.4 is 5.73 Å². The minimum Gasteiger partial charge on any atom is -0.374 e. The number of carbonyl (C=O) groups excluding carboxylic acids is 1. The van der Waals surface area contributed by atoms with Gasteiger partial charge in [0.25, 0.3) is 0 Å². The van der Waals surface area contributed by atoms with Crippen molar-refractivity contribution in [3.05, 3.63) is 0 Å². The van der Waals surface area contributed by atoms with E-state index in [1.165, 1.54) is 0 Å². The van der Waals surface area contributed by atoms with E-state index >= 15 is 0 Å². The number of nitrogens with zero attached hydrogens (tertiary/aromatic N) is 2. The number of hydrogen-bond acceptors (Lipinski definition) is 4. The van der Waals surface area contributed by atoms with E-state index in [-0.39, 0.29) is 18.1 Å². The van der Waals surface area contributed by atoms with E-state index < -0.39 is 0 Å². The normalized spacial score (nSPS) is 27.7. The highest BCUT2D eigenvalue weighted by Crippen LogP contribution is 2.10. The van der Waals surface area contributed by atoms with Gasteiger partial charge in [0, 0.05) is 33.2 Å². The first-order chi connectivity index (χ1) is 7.04. The molecule has 0 saturated carbocycles. The lowest BCUT2D eigenvalue weighted by atomic mass is 10.2. The molecule has 1 aliphatic heterocycles. The zero-order chi connectivity index (χ0) is 11.4. The molecule has 0 aliphatic carbocycles. The molecule has 0 bridgehead atoms. The van der Waals surface area contributed by atoms with Crippen LogP contribution in [0.2, 0.25) is 0 Å². The molecule has 1 heterocycles. The summed E-state index contributed by atoms with van der Waals surface area (Å²) >= 11 is 0. The molecule has 88 valence electrons. The van der Waals surface area contributed by atoms with Crippen LogP contribution in [0, 0.1) is 0 Å². The number of nitrogens with two attached hydrogens (primary N) is 1. The molecule has 2 atom stereocenters. The van der Waals surface area contributed by atoms with Crippen molar-refractivity contribution in [3.8, 4) is 0 Å². The predicted molar refractivity (Wildman–Crippen MR) is 58.5 cm³/mol. The van der Waals surface area contributed by atoms with Crippen LogP contribution in [0.15, 0.2) is 0 Å². The van der Waals surface area contributed by atoms with Crippen LogP contribution in [0.3, 0.4) is 0 Å². The van der Waals surface area contributed by atoms with Crippen molar-refractivity contribution in [2.24, 2.45) is 5.73 Å². The molecular formula is C10H21N3O2. The lowest BCUT2D eigenvalue weighted by Crippen LogP contribution is -2.53. The molecule has 1 rings (SSSR count). The van der Waals surface area contributed by atoms with Gasteiger partial charge in [-0.15, -0.1) is 0 Å². The molecule has 0 aromatic heterocycles. The van der Waals surface area contributed by atoms with Crippen LogP contribution in [-0.2, 0) is 9.53 Å². The molecule has 1 amide bonds. The summed E-state index contributed by atoms with van der Waals surface area (Å²) in [6, 6.07) is 0.289. The summed E-state index contributed by atoms with van der Waals surface area (Å²) in [5.41, 5.74) is 5.55. The number of ether oxygens (including phenoxy) is 1. The van der Waals surface area contributed by atoms with Crippen molar-refractivity contribution >= 4 is 5.91 Å². The van der Waals surface area contributed by atoms with Crippen LogP contribution in [0.5, 0.6) is 0 Å². The molecule has 2 unspecified atom stereocenters. The lowest BCUT2D eigenvalue weighted by Gasteiger charge is -2.37. The third kappa shape index (κ3) is 3.44. The largest absolute Gasteiger partial charge is 0.374 e. The van der Waals surface area contributed by atoms with E-state index in [0.717, 1.165) is 6.54 Å². The van der Waals surface area contributed by atoms with Gasteiger partial charge in [-0.2, -0.15) is 0 Å². The third-order valence-corrected chi connectivity index (χ3v) is 2.73. The standard InChI is InChI=1S/C10H21N3O2/c1-8-7-15-9(4-11)5-13(8)6-10(14)12(2)3/h8-9H,4-7,11H2,1-3H3. The number of likely N-dealkylation sites (N-methyl/N-ethyl adjacent to an activating group) is 1. The maximum Gasteiger partial charge on any atom is 0.236 e. The Hall–Kier alpha value is -0.650. The van der Waals surface area contributed by atoms with Gasteiger partial charge in [0.2, 0.25) is 5.91 Å². The highest BCUT2D eigenvalue weighted by molar-refractivity contribution is 5.77. The smallest absolute Gasteiger partial charge is 0.236 e. The zero-order valence-electron chi connectivity index (χ0n) is 9.77.